The standard InChI is InChI=1S/C10H20N2O2/c1-11-10(14)12(6-7-13)8-9-4-2-3-5-9/h9,13H,2-8H2,1H3,(H,11,14). The Hall–Kier alpha value is -0.770. The molecule has 82 valence electrons. The highest BCUT2D eigenvalue weighted by Crippen LogP contribution is 2.25. The van der Waals surface area contributed by atoms with Gasteiger partial charge >= 0.3 is 6.03 Å². The van der Waals surface area contributed by atoms with E-state index in [4.69, 9.17) is 5.11 Å². The third-order valence-corrected chi connectivity index (χ3v) is 2.82. The number of hydrogen-bond donors (Lipinski definition) is 2. The second kappa shape index (κ2) is 5.86. The van der Waals surface area contributed by atoms with Crippen LogP contribution in [0, 0.1) is 5.92 Å². The summed E-state index contributed by atoms with van der Waals surface area (Å²) in [4.78, 5) is 13.1. The van der Waals surface area contributed by atoms with Gasteiger partial charge in [-0.2, -0.15) is 0 Å². The lowest BCUT2D eigenvalue weighted by Gasteiger charge is -2.24. The molecule has 0 spiro atoms. The van der Waals surface area contributed by atoms with Gasteiger partial charge in [0.1, 0.15) is 0 Å². The van der Waals surface area contributed by atoms with E-state index >= 15 is 0 Å². The van der Waals surface area contributed by atoms with E-state index in [0.29, 0.717) is 12.5 Å². The molecule has 1 rings (SSSR count). The summed E-state index contributed by atoms with van der Waals surface area (Å²) in [6.45, 7) is 1.27. The van der Waals surface area contributed by atoms with E-state index in [9.17, 15) is 4.79 Å². The van der Waals surface area contributed by atoms with E-state index in [1.165, 1.54) is 25.7 Å². The average molecular weight is 200 g/mol. The summed E-state index contributed by atoms with van der Waals surface area (Å²) in [5.74, 6) is 0.638. The van der Waals surface area contributed by atoms with Gasteiger partial charge < -0.3 is 15.3 Å². The van der Waals surface area contributed by atoms with E-state index in [1.54, 1.807) is 11.9 Å². The molecule has 1 aliphatic carbocycles. The van der Waals surface area contributed by atoms with Crippen molar-refractivity contribution in [3.8, 4) is 0 Å². The summed E-state index contributed by atoms with van der Waals surface area (Å²) >= 11 is 0. The molecule has 0 aliphatic heterocycles. The van der Waals surface area contributed by atoms with Gasteiger partial charge in [0.25, 0.3) is 0 Å². The molecule has 1 fully saturated rings. The van der Waals surface area contributed by atoms with Crippen molar-refractivity contribution < 1.29 is 9.90 Å². The molecule has 2 amide bonds. The number of rotatable bonds is 4. The minimum atomic E-state index is -0.0778. The fraction of sp³-hybridized carbons (Fsp3) is 0.900. The molecule has 0 atom stereocenters. The number of aliphatic hydroxyl groups excluding tert-OH is 1. The number of carbonyl (C=O) groups excluding carboxylic acids is 1. The van der Waals surface area contributed by atoms with Crippen LogP contribution in [-0.2, 0) is 0 Å². The second-order valence-electron chi connectivity index (χ2n) is 3.88. The highest BCUT2D eigenvalue weighted by molar-refractivity contribution is 5.73. The smallest absolute Gasteiger partial charge is 0.317 e. The number of amides is 2. The minimum Gasteiger partial charge on any atom is -0.395 e. The SMILES string of the molecule is CNC(=O)N(CCO)CC1CCCC1. The number of hydrogen-bond acceptors (Lipinski definition) is 2. The van der Waals surface area contributed by atoms with Gasteiger partial charge in [0.2, 0.25) is 0 Å². The van der Waals surface area contributed by atoms with Gasteiger partial charge in [0.05, 0.1) is 6.61 Å². The first-order chi connectivity index (χ1) is 6.77. The molecule has 0 aromatic rings. The molecule has 0 heterocycles. The Bertz CT molecular complexity index is 179. The maximum Gasteiger partial charge on any atom is 0.317 e. The zero-order valence-corrected chi connectivity index (χ0v) is 8.83. The molecule has 0 aromatic carbocycles. The molecule has 0 unspecified atom stereocenters. The van der Waals surface area contributed by atoms with Crippen molar-refractivity contribution >= 4 is 6.03 Å². The number of nitrogens with zero attached hydrogens (tertiary/aromatic N) is 1. The van der Waals surface area contributed by atoms with Gasteiger partial charge in [-0.1, -0.05) is 12.8 Å². The van der Waals surface area contributed by atoms with Crippen LogP contribution in [0.3, 0.4) is 0 Å². The first kappa shape index (κ1) is 11.3. The van der Waals surface area contributed by atoms with E-state index in [-0.39, 0.29) is 12.6 Å². The Balaban J connectivity index is 2.37. The molecule has 0 saturated heterocycles. The lowest BCUT2D eigenvalue weighted by atomic mass is 10.1. The van der Waals surface area contributed by atoms with Crippen LogP contribution in [0.15, 0.2) is 0 Å². The molecule has 14 heavy (non-hydrogen) atoms. The first-order valence-electron chi connectivity index (χ1n) is 5.35. The van der Waals surface area contributed by atoms with Crippen molar-refractivity contribution in [3.63, 3.8) is 0 Å². The summed E-state index contributed by atoms with van der Waals surface area (Å²) in [5, 5.41) is 11.4. The highest BCUT2D eigenvalue weighted by Gasteiger charge is 2.20. The topological polar surface area (TPSA) is 52.6 Å². The Labute approximate surface area is 85.3 Å². The number of nitrogens with one attached hydrogen (secondary N) is 1. The van der Waals surface area contributed by atoms with Crippen LogP contribution < -0.4 is 5.32 Å². The molecule has 2 N–H and O–H groups in total. The van der Waals surface area contributed by atoms with Crippen LogP contribution in [-0.4, -0.2) is 42.8 Å². The largest absolute Gasteiger partial charge is 0.395 e. The Morgan fingerprint density at radius 1 is 1.50 bits per heavy atom. The molecule has 0 aromatic heterocycles. The van der Waals surface area contributed by atoms with Crippen LogP contribution in [0.2, 0.25) is 0 Å². The van der Waals surface area contributed by atoms with Crippen molar-refractivity contribution in [1.82, 2.24) is 10.2 Å². The summed E-state index contributed by atoms with van der Waals surface area (Å²) in [6.07, 6.45) is 5.01. The number of aliphatic hydroxyl groups is 1. The number of urea groups is 1. The summed E-state index contributed by atoms with van der Waals surface area (Å²) in [6, 6.07) is -0.0778. The molecule has 4 heteroatoms. The Kier molecular flexibility index (Phi) is 4.73. The van der Waals surface area contributed by atoms with Gasteiger partial charge in [-0.15, -0.1) is 0 Å². The van der Waals surface area contributed by atoms with E-state index < -0.39 is 0 Å². The van der Waals surface area contributed by atoms with Gasteiger partial charge in [0, 0.05) is 20.1 Å². The van der Waals surface area contributed by atoms with Gasteiger partial charge in [-0.05, 0) is 18.8 Å². The van der Waals surface area contributed by atoms with Crippen LogP contribution >= 0.6 is 0 Å². The number of carbonyl (C=O) groups is 1. The molecular weight excluding hydrogens is 180 g/mol. The van der Waals surface area contributed by atoms with E-state index in [2.05, 4.69) is 5.32 Å². The summed E-state index contributed by atoms with van der Waals surface area (Å²) < 4.78 is 0. The summed E-state index contributed by atoms with van der Waals surface area (Å²) in [7, 11) is 1.63. The predicted octanol–water partition coefficient (Wildman–Crippen LogP) is 0.810. The van der Waals surface area contributed by atoms with Gasteiger partial charge in [-0.3, -0.25) is 0 Å². The van der Waals surface area contributed by atoms with Crippen molar-refractivity contribution in [2.24, 2.45) is 5.92 Å². The first-order valence-corrected chi connectivity index (χ1v) is 5.35. The van der Waals surface area contributed by atoms with Crippen molar-refractivity contribution in [2.45, 2.75) is 25.7 Å². The van der Waals surface area contributed by atoms with Crippen molar-refractivity contribution in [3.05, 3.63) is 0 Å². The monoisotopic (exact) mass is 200 g/mol. The predicted molar refractivity (Wildman–Crippen MR) is 55.1 cm³/mol. The van der Waals surface area contributed by atoms with E-state index in [1.807, 2.05) is 0 Å². The second-order valence-corrected chi connectivity index (χ2v) is 3.88. The van der Waals surface area contributed by atoms with Crippen LogP contribution in [0.1, 0.15) is 25.7 Å². The molecular formula is C10H20N2O2. The normalized spacial score (nSPS) is 17.0. The molecule has 0 bridgehead atoms. The van der Waals surface area contributed by atoms with Crippen LogP contribution in [0.4, 0.5) is 4.79 Å². The molecule has 4 nitrogen and oxygen atoms in total. The molecule has 1 saturated carbocycles. The van der Waals surface area contributed by atoms with E-state index in [0.717, 1.165) is 6.54 Å². The fourth-order valence-electron chi connectivity index (χ4n) is 2.06. The Morgan fingerprint density at radius 3 is 2.64 bits per heavy atom. The highest BCUT2D eigenvalue weighted by atomic mass is 16.3. The maximum atomic E-state index is 11.4. The minimum absolute atomic E-state index is 0.0418. The molecule has 1 aliphatic rings. The quantitative estimate of drug-likeness (QED) is 0.705. The zero-order chi connectivity index (χ0) is 10.4. The summed E-state index contributed by atoms with van der Waals surface area (Å²) in [5.41, 5.74) is 0. The van der Waals surface area contributed by atoms with Crippen molar-refractivity contribution in [2.75, 3.05) is 26.7 Å². The molecule has 0 radical (unpaired) electrons. The van der Waals surface area contributed by atoms with Crippen LogP contribution in [0.25, 0.3) is 0 Å². The van der Waals surface area contributed by atoms with Gasteiger partial charge in [0.15, 0.2) is 0 Å². The third-order valence-electron chi connectivity index (χ3n) is 2.82. The van der Waals surface area contributed by atoms with Crippen molar-refractivity contribution in [1.29, 1.82) is 0 Å². The third kappa shape index (κ3) is 3.18. The average Bonchev–Trinajstić information content (AvgIpc) is 2.68. The Morgan fingerprint density at radius 2 is 2.14 bits per heavy atom. The fourth-order valence-corrected chi connectivity index (χ4v) is 2.06. The lowest BCUT2D eigenvalue weighted by Crippen LogP contribution is -2.42. The zero-order valence-electron chi connectivity index (χ0n) is 8.83. The van der Waals surface area contributed by atoms with Crippen LogP contribution in [0.5, 0.6) is 0 Å². The lowest BCUT2D eigenvalue weighted by molar-refractivity contribution is 0.168. The van der Waals surface area contributed by atoms with Gasteiger partial charge in [-0.25, -0.2) is 4.79 Å². The maximum absolute atomic E-state index is 11.4.